The highest BCUT2D eigenvalue weighted by atomic mass is 16.4. The molecule has 0 radical (unpaired) electrons. The van der Waals surface area contributed by atoms with Gasteiger partial charge in [0.15, 0.2) is 5.88 Å². The summed E-state index contributed by atoms with van der Waals surface area (Å²) in [6, 6.07) is 3.15. The van der Waals surface area contributed by atoms with E-state index in [2.05, 4.69) is 5.32 Å². The second-order valence-electron chi connectivity index (χ2n) is 6.81. The van der Waals surface area contributed by atoms with Crippen LogP contribution in [0.25, 0.3) is 0 Å². The molecule has 1 aliphatic carbocycles. The van der Waals surface area contributed by atoms with Crippen LogP contribution in [-0.4, -0.2) is 17.6 Å². The zero-order valence-electron chi connectivity index (χ0n) is 14.2. The van der Waals surface area contributed by atoms with Crippen LogP contribution in [0.2, 0.25) is 0 Å². The third kappa shape index (κ3) is 8.10. The molecule has 0 bridgehead atoms. The Hall–Kier alpha value is -1.45. The number of aromatic carboxylic acids is 1. The van der Waals surface area contributed by atoms with Gasteiger partial charge in [-0.3, -0.25) is 0 Å². The van der Waals surface area contributed by atoms with Gasteiger partial charge in [-0.2, -0.15) is 0 Å². The number of carboxylic acids is 1. The molecule has 0 aliphatic heterocycles. The third-order valence-corrected chi connectivity index (χ3v) is 4.60. The monoisotopic (exact) mass is 321 g/mol. The van der Waals surface area contributed by atoms with Crippen molar-refractivity contribution >= 4 is 11.9 Å². The Bertz CT molecular complexity index is 451. The summed E-state index contributed by atoms with van der Waals surface area (Å²) >= 11 is 0. The molecule has 1 aromatic rings. The number of anilines is 1. The highest BCUT2D eigenvalue weighted by molar-refractivity contribution is 5.84. The van der Waals surface area contributed by atoms with Crippen molar-refractivity contribution < 1.29 is 14.3 Å². The highest BCUT2D eigenvalue weighted by Crippen LogP contribution is 2.34. The predicted octanol–water partition coefficient (Wildman–Crippen LogP) is 5.70. The lowest BCUT2D eigenvalue weighted by atomic mass is 10.1. The first kappa shape index (κ1) is 17.9. The maximum absolute atomic E-state index is 10.7. The standard InChI is InChI=1S/C19H31NO3/c21-19(22)17-13-14-18(23-17)20-15-9-7-5-3-1-2-4-6-8-10-16-11-12-16/h13-14,16,20H,1-12,15H2,(H,21,22). The van der Waals surface area contributed by atoms with Gasteiger partial charge in [-0.15, -0.1) is 0 Å². The van der Waals surface area contributed by atoms with Crippen LogP contribution >= 0.6 is 0 Å². The van der Waals surface area contributed by atoms with Gasteiger partial charge in [0.1, 0.15) is 0 Å². The van der Waals surface area contributed by atoms with Crippen LogP contribution in [0.15, 0.2) is 16.5 Å². The molecule has 2 N–H and O–H groups in total. The van der Waals surface area contributed by atoms with Crippen LogP contribution in [0.4, 0.5) is 5.88 Å². The molecule has 0 unspecified atom stereocenters. The summed E-state index contributed by atoms with van der Waals surface area (Å²) in [5, 5.41) is 11.9. The molecule has 1 saturated carbocycles. The maximum Gasteiger partial charge on any atom is 0.371 e. The summed E-state index contributed by atoms with van der Waals surface area (Å²) in [5.41, 5.74) is 0. The van der Waals surface area contributed by atoms with Crippen molar-refractivity contribution in [2.24, 2.45) is 5.92 Å². The quantitative estimate of drug-likeness (QED) is 0.431. The topological polar surface area (TPSA) is 62.5 Å². The average Bonchev–Trinajstić information content (AvgIpc) is 3.23. The van der Waals surface area contributed by atoms with Gasteiger partial charge < -0.3 is 14.8 Å². The minimum absolute atomic E-state index is 0.00960. The molecule has 2 rings (SSSR count). The Balaban J connectivity index is 1.32. The minimum atomic E-state index is -1.02. The number of furan rings is 1. The summed E-state index contributed by atoms with van der Waals surface area (Å²) in [5.74, 6) is 0.615. The molecule has 1 fully saturated rings. The summed E-state index contributed by atoms with van der Waals surface area (Å²) in [7, 11) is 0. The molecule has 1 aliphatic rings. The second kappa shape index (κ2) is 10.3. The number of carbonyl (C=O) groups is 1. The summed E-state index contributed by atoms with van der Waals surface area (Å²) < 4.78 is 5.14. The van der Waals surface area contributed by atoms with E-state index < -0.39 is 5.97 Å². The van der Waals surface area contributed by atoms with Crippen LogP contribution in [0.5, 0.6) is 0 Å². The lowest BCUT2D eigenvalue weighted by molar-refractivity contribution is 0.0663. The molecular weight excluding hydrogens is 290 g/mol. The zero-order valence-corrected chi connectivity index (χ0v) is 14.2. The number of carboxylic acid groups (broad SMARTS) is 1. The Labute approximate surface area is 139 Å². The molecule has 23 heavy (non-hydrogen) atoms. The molecular formula is C19H31NO3. The van der Waals surface area contributed by atoms with Crippen molar-refractivity contribution in [3.63, 3.8) is 0 Å². The van der Waals surface area contributed by atoms with E-state index in [0.29, 0.717) is 5.88 Å². The van der Waals surface area contributed by atoms with Crippen LogP contribution in [-0.2, 0) is 0 Å². The van der Waals surface area contributed by atoms with E-state index in [0.717, 1.165) is 18.9 Å². The molecule has 4 heteroatoms. The van der Waals surface area contributed by atoms with Gasteiger partial charge in [-0.1, -0.05) is 70.6 Å². The SMILES string of the molecule is O=C(O)c1ccc(NCCCCCCCCCCCC2CC2)o1. The van der Waals surface area contributed by atoms with Crippen molar-refractivity contribution in [2.75, 3.05) is 11.9 Å². The minimum Gasteiger partial charge on any atom is -0.475 e. The van der Waals surface area contributed by atoms with Gasteiger partial charge in [0, 0.05) is 12.6 Å². The third-order valence-electron chi connectivity index (χ3n) is 4.60. The number of nitrogens with one attached hydrogen (secondary N) is 1. The maximum atomic E-state index is 10.7. The number of rotatable bonds is 14. The van der Waals surface area contributed by atoms with Crippen molar-refractivity contribution in [1.82, 2.24) is 0 Å². The first-order chi connectivity index (χ1) is 11.3. The molecule has 1 aromatic heterocycles. The van der Waals surface area contributed by atoms with Gasteiger partial charge in [-0.05, 0) is 18.4 Å². The van der Waals surface area contributed by atoms with Crippen molar-refractivity contribution in [3.8, 4) is 0 Å². The van der Waals surface area contributed by atoms with E-state index in [9.17, 15) is 4.79 Å². The summed E-state index contributed by atoms with van der Waals surface area (Å²) in [6.45, 7) is 0.841. The van der Waals surface area contributed by atoms with E-state index in [1.54, 1.807) is 6.07 Å². The first-order valence-electron chi connectivity index (χ1n) is 9.32. The molecule has 4 nitrogen and oxygen atoms in total. The first-order valence-corrected chi connectivity index (χ1v) is 9.32. The van der Waals surface area contributed by atoms with Crippen molar-refractivity contribution in [1.29, 1.82) is 0 Å². The fourth-order valence-electron chi connectivity index (χ4n) is 2.96. The molecule has 1 heterocycles. The number of hydrogen-bond donors (Lipinski definition) is 2. The normalized spacial score (nSPS) is 14.1. The zero-order chi connectivity index (χ0) is 16.3. The van der Waals surface area contributed by atoms with E-state index in [1.807, 2.05) is 0 Å². The number of hydrogen-bond acceptors (Lipinski definition) is 3. The number of unbranched alkanes of at least 4 members (excludes halogenated alkanes) is 8. The summed E-state index contributed by atoms with van der Waals surface area (Å²) in [4.78, 5) is 10.7. The Morgan fingerprint density at radius 3 is 2.17 bits per heavy atom. The van der Waals surface area contributed by atoms with E-state index in [1.165, 1.54) is 76.7 Å². The Morgan fingerprint density at radius 1 is 1.00 bits per heavy atom. The van der Waals surface area contributed by atoms with E-state index >= 15 is 0 Å². The summed E-state index contributed by atoms with van der Waals surface area (Å²) in [6.07, 6.45) is 16.5. The van der Waals surface area contributed by atoms with Crippen molar-refractivity contribution in [3.05, 3.63) is 17.9 Å². The van der Waals surface area contributed by atoms with E-state index in [4.69, 9.17) is 9.52 Å². The van der Waals surface area contributed by atoms with Crippen LogP contribution in [0.3, 0.4) is 0 Å². The Kier molecular flexibility index (Phi) is 8.05. The second-order valence-corrected chi connectivity index (χ2v) is 6.81. The highest BCUT2D eigenvalue weighted by Gasteiger charge is 2.19. The molecule has 130 valence electrons. The van der Waals surface area contributed by atoms with Gasteiger partial charge in [-0.25, -0.2) is 4.79 Å². The largest absolute Gasteiger partial charge is 0.475 e. The average molecular weight is 321 g/mol. The van der Waals surface area contributed by atoms with Crippen LogP contribution < -0.4 is 5.32 Å². The van der Waals surface area contributed by atoms with Gasteiger partial charge in [0.2, 0.25) is 5.76 Å². The van der Waals surface area contributed by atoms with Crippen LogP contribution in [0, 0.1) is 5.92 Å². The molecule has 0 aromatic carbocycles. The smallest absolute Gasteiger partial charge is 0.371 e. The van der Waals surface area contributed by atoms with Crippen LogP contribution in [0.1, 0.15) is 87.6 Å². The Morgan fingerprint density at radius 2 is 1.61 bits per heavy atom. The van der Waals surface area contributed by atoms with Gasteiger partial charge in [0.25, 0.3) is 0 Å². The molecule has 0 saturated heterocycles. The predicted molar refractivity (Wildman–Crippen MR) is 93.1 cm³/mol. The molecule has 0 amide bonds. The van der Waals surface area contributed by atoms with Crippen molar-refractivity contribution in [2.45, 2.75) is 77.0 Å². The fraction of sp³-hybridized carbons (Fsp3) is 0.737. The van der Waals surface area contributed by atoms with Gasteiger partial charge >= 0.3 is 5.97 Å². The lowest BCUT2D eigenvalue weighted by Crippen LogP contribution is -2.00. The molecule has 0 atom stereocenters. The lowest BCUT2D eigenvalue weighted by Gasteiger charge is -2.04. The van der Waals surface area contributed by atoms with Gasteiger partial charge in [0.05, 0.1) is 0 Å². The van der Waals surface area contributed by atoms with E-state index in [-0.39, 0.29) is 5.76 Å². The molecule has 0 spiro atoms. The fourth-order valence-corrected chi connectivity index (χ4v) is 2.96.